The fourth-order valence-corrected chi connectivity index (χ4v) is 7.81. The highest BCUT2D eigenvalue weighted by Gasteiger charge is 2.51. The maximum atomic E-state index is 12.8. The maximum absolute atomic E-state index is 12.8. The molecular weight excluding hydrogens is 795 g/mol. The molecule has 14 nitrogen and oxygen atoms in total. The van der Waals surface area contributed by atoms with Crippen molar-refractivity contribution >= 4 is 19.8 Å². The van der Waals surface area contributed by atoms with Gasteiger partial charge < -0.3 is 44.6 Å². The second-order valence-corrected chi connectivity index (χ2v) is 17.3. The summed E-state index contributed by atoms with van der Waals surface area (Å²) in [6.07, 6.45) is 24.7. The van der Waals surface area contributed by atoms with E-state index in [1.807, 2.05) is 0 Å². The van der Waals surface area contributed by atoms with Crippen molar-refractivity contribution in [3.05, 3.63) is 48.6 Å². The van der Waals surface area contributed by atoms with Gasteiger partial charge in [0.15, 0.2) is 6.10 Å². The number of unbranched alkanes of at least 4 members (excludes halogenated alkanes) is 12. The van der Waals surface area contributed by atoms with Gasteiger partial charge in [-0.1, -0.05) is 120 Å². The zero-order valence-electron chi connectivity index (χ0n) is 36.2. The molecule has 0 amide bonds. The number of esters is 2. The van der Waals surface area contributed by atoms with Gasteiger partial charge in [-0.3, -0.25) is 18.6 Å². The second-order valence-electron chi connectivity index (χ2n) is 15.9. The lowest BCUT2D eigenvalue weighted by Crippen LogP contribution is -2.64. The molecule has 2 rings (SSSR count). The molecule has 0 aromatic carbocycles. The molecular formula is C45H77O14P. The minimum atomic E-state index is -5.13. The molecule has 1 aliphatic carbocycles. The first kappa shape index (κ1) is 53.9. The summed E-state index contributed by atoms with van der Waals surface area (Å²) < 4.78 is 39.3. The predicted molar refractivity (Wildman–Crippen MR) is 230 cm³/mol. The van der Waals surface area contributed by atoms with E-state index in [1.54, 1.807) is 0 Å². The van der Waals surface area contributed by atoms with Crippen molar-refractivity contribution in [2.45, 2.75) is 210 Å². The van der Waals surface area contributed by atoms with Crippen molar-refractivity contribution in [1.29, 1.82) is 0 Å². The van der Waals surface area contributed by atoms with Crippen LogP contribution in [0, 0.1) is 0 Å². The number of carbonyl (C=O) groups is 2. The molecule has 6 N–H and O–H groups in total. The molecule has 5 unspecified atom stereocenters. The van der Waals surface area contributed by atoms with Crippen LogP contribution in [0.15, 0.2) is 48.6 Å². The van der Waals surface area contributed by atoms with Crippen LogP contribution in [0.2, 0.25) is 0 Å². The van der Waals surface area contributed by atoms with E-state index < -0.39 is 75.7 Å². The van der Waals surface area contributed by atoms with Crippen molar-refractivity contribution in [2.24, 2.45) is 0 Å². The number of phosphoric ester groups is 1. The van der Waals surface area contributed by atoms with Crippen molar-refractivity contribution in [1.82, 2.24) is 0 Å². The highest BCUT2D eigenvalue weighted by molar-refractivity contribution is 7.47. The molecule has 0 bridgehead atoms. The van der Waals surface area contributed by atoms with E-state index in [4.69, 9.17) is 23.3 Å². The molecule has 15 heteroatoms. The standard InChI is InChI=1S/C45H77O14P/c1-3-5-7-9-11-12-13-14-15-16-17-18-19-23-27-31-38(46)55-33-35(34-56-60(53,54)59-45-43(51)41(49)40(48)42(50)44(45)52)57-39(47)32-28-24-20-22-26-30-37-36(58-37)29-25-21-10-8-6-4-2/h5,7,11-12,14-15,21,25,35-37,40-45,48-52H,3-4,6,8-10,13,16-20,22-24,26-34H2,1-2H3,(H,53,54)/b7-5-,12-11-,15-14-,25-21-/t35-,36?,37?,40?,41-,42+,43-,44-,45?/m1/s1. The zero-order valence-corrected chi connectivity index (χ0v) is 37.1. The van der Waals surface area contributed by atoms with E-state index in [1.165, 1.54) is 19.3 Å². The Labute approximate surface area is 358 Å². The Morgan fingerprint density at radius 1 is 0.617 bits per heavy atom. The lowest BCUT2D eigenvalue weighted by atomic mass is 9.85. The third kappa shape index (κ3) is 24.4. The summed E-state index contributed by atoms with van der Waals surface area (Å²) in [7, 11) is -5.13. The van der Waals surface area contributed by atoms with E-state index >= 15 is 0 Å². The number of hydrogen-bond donors (Lipinski definition) is 6. The highest BCUT2D eigenvalue weighted by Crippen LogP contribution is 2.47. The fourth-order valence-electron chi connectivity index (χ4n) is 6.84. The van der Waals surface area contributed by atoms with Crippen LogP contribution in [0.3, 0.4) is 0 Å². The summed E-state index contributed by atoms with van der Waals surface area (Å²) in [6, 6.07) is 0. The number of epoxide rings is 1. The molecule has 0 radical (unpaired) electrons. The van der Waals surface area contributed by atoms with Gasteiger partial charge in [-0.05, 0) is 70.6 Å². The van der Waals surface area contributed by atoms with Crippen LogP contribution in [0.25, 0.3) is 0 Å². The number of ether oxygens (including phenoxy) is 3. The van der Waals surface area contributed by atoms with Gasteiger partial charge in [-0.15, -0.1) is 0 Å². The van der Waals surface area contributed by atoms with Crippen molar-refractivity contribution in [3.8, 4) is 0 Å². The average Bonchev–Trinajstić information content (AvgIpc) is 3.99. The topological polar surface area (TPSA) is 222 Å². The summed E-state index contributed by atoms with van der Waals surface area (Å²) in [5.74, 6) is -1.15. The van der Waals surface area contributed by atoms with Gasteiger partial charge >= 0.3 is 19.8 Å². The van der Waals surface area contributed by atoms with E-state index in [9.17, 15) is 44.6 Å². The molecule has 1 saturated carbocycles. The first-order valence-corrected chi connectivity index (χ1v) is 24.1. The summed E-state index contributed by atoms with van der Waals surface area (Å²) in [5.41, 5.74) is 0. The quantitative estimate of drug-likeness (QED) is 0.0120. The Bertz CT molecular complexity index is 1300. The van der Waals surface area contributed by atoms with Gasteiger partial charge in [0.25, 0.3) is 0 Å². The molecule has 346 valence electrons. The molecule has 1 saturated heterocycles. The summed E-state index contributed by atoms with van der Waals surface area (Å²) in [6.45, 7) is 3.11. The number of allylic oxidation sites excluding steroid dienone is 7. The molecule has 1 aliphatic heterocycles. The molecule has 0 spiro atoms. The van der Waals surface area contributed by atoms with Crippen LogP contribution in [0.4, 0.5) is 0 Å². The van der Waals surface area contributed by atoms with Crippen LogP contribution in [-0.2, 0) is 37.4 Å². The van der Waals surface area contributed by atoms with E-state index in [0.29, 0.717) is 25.0 Å². The number of phosphoric acid groups is 1. The molecule has 2 aliphatic rings. The van der Waals surface area contributed by atoms with Crippen molar-refractivity contribution < 1.29 is 67.8 Å². The number of aliphatic hydroxyl groups excluding tert-OH is 5. The van der Waals surface area contributed by atoms with Gasteiger partial charge in [0.2, 0.25) is 0 Å². The van der Waals surface area contributed by atoms with Crippen LogP contribution in [0.5, 0.6) is 0 Å². The van der Waals surface area contributed by atoms with Crippen LogP contribution in [0.1, 0.15) is 155 Å². The third-order valence-corrected chi connectivity index (χ3v) is 11.6. The van der Waals surface area contributed by atoms with Gasteiger partial charge in [-0.2, -0.15) is 0 Å². The molecule has 0 aromatic rings. The monoisotopic (exact) mass is 873 g/mol. The Balaban J connectivity index is 1.73. The summed E-state index contributed by atoms with van der Waals surface area (Å²) in [4.78, 5) is 35.7. The summed E-state index contributed by atoms with van der Waals surface area (Å²) in [5, 5.41) is 50.1. The van der Waals surface area contributed by atoms with Crippen molar-refractivity contribution in [2.75, 3.05) is 13.2 Å². The van der Waals surface area contributed by atoms with Gasteiger partial charge in [0.1, 0.15) is 43.2 Å². The van der Waals surface area contributed by atoms with Gasteiger partial charge in [0, 0.05) is 12.8 Å². The Hall–Kier alpha value is -2.23. The Morgan fingerprint density at radius 3 is 1.80 bits per heavy atom. The molecule has 2 fully saturated rings. The minimum Gasteiger partial charge on any atom is -0.462 e. The molecule has 0 aromatic heterocycles. The Morgan fingerprint density at radius 2 is 1.15 bits per heavy atom. The zero-order chi connectivity index (χ0) is 44.0. The van der Waals surface area contributed by atoms with Crippen molar-refractivity contribution in [3.63, 3.8) is 0 Å². The van der Waals surface area contributed by atoms with Crippen LogP contribution >= 0.6 is 7.82 Å². The lowest BCUT2D eigenvalue weighted by molar-refractivity contribution is -0.220. The Kier molecular flexibility index (Phi) is 29.1. The fraction of sp³-hybridized carbons (Fsp3) is 0.778. The third-order valence-electron chi connectivity index (χ3n) is 10.6. The number of hydrogen-bond acceptors (Lipinski definition) is 13. The predicted octanol–water partition coefficient (Wildman–Crippen LogP) is 7.38. The SMILES string of the molecule is CC/C=C\C/C=C\C/C=C\CCCCCCCC(=O)OC[C@H](COP(=O)(O)OC1[C@H](O)[C@H](O)C(O)[C@H](O)[C@H]1O)OC(=O)CCCCCCCC1OC1C/C=C\CCCCC. The van der Waals surface area contributed by atoms with Crippen LogP contribution < -0.4 is 0 Å². The number of aliphatic hydroxyl groups is 5. The van der Waals surface area contributed by atoms with E-state index in [0.717, 1.165) is 96.3 Å². The number of rotatable bonds is 35. The molecule has 1 heterocycles. The lowest BCUT2D eigenvalue weighted by Gasteiger charge is -2.41. The smallest absolute Gasteiger partial charge is 0.462 e. The maximum Gasteiger partial charge on any atom is 0.472 e. The van der Waals surface area contributed by atoms with Gasteiger partial charge in [-0.25, -0.2) is 4.57 Å². The molecule has 10 atom stereocenters. The normalized spacial score (nSPS) is 26.0. The summed E-state index contributed by atoms with van der Waals surface area (Å²) >= 11 is 0. The first-order chi connectivity index (χ1) is 28.9. The molecule has 60 heavy (non-hydrogen) atoms. The number of carbonyl (C=O) groups excluding carboxylic acids is 2. The van der Waals surface area contributed by atoms with Crippen LogP contribution in [-0.4, -0.2) is 111 Å². The van der Waals surface area contributed by atoms with E-state index in [2.05, 4.69) is 62.5 Å². The second kappa shape index (κ2) is 32.4. The van der Waals surface area contributed by atoms with E-state index in [-0.39, 0.29) is 12.8 Å². The minimum absolute atomic E-state index is 0.0679. The highest BCUT2D eigenvalue weighted by atomic mass is 31.2. The first-order valence-electron chi connectivity index (χ1n) is 22.6. The largest absolute Gasteiger partial charge is 0.472 e. The van der Waals surface area contributed by atoms with Gasteiger partial charge in [0.05, 0.1) is 18.8 Å². The average molecular weight is 873 g/mol.